The molecular weight excluding hydrogens is 342 g/mol. The quantitative estimate of drug-likeness (QED) is 0.625. The van der Waals surface area contributed by atoms with Crippen molar-refractivity contribution in [3.05, 3.63) is 83.6 Å². The highest BCUT2D eigenvalue weighted by atomic mass is 35.5. The van der Waals surface area contributed by atoms with Crippen LogP contribution < -0.4 is 10.0 Å². The van der Waals surface area contributed by atoms with E-state index < -0.39 is 0 Å². The Morgan fingerprint density at radius 1 is 1.00 bits per heavy atom. The van der Waals surface area contributed by atoms with Crippen molar-refractivity contribution < 1.29 is 4.79 Å². The first-order valence-electron chi connectivity index (χ1n) is 7.21. The fourth-order valence-corrected chi connectivity index (χ4v) is 2.98. The Balaban J connectivity index is 1.66. The summed E-state index contributed by atoms with van der Waals surface area (Å²) in [4.78, 5) is 17.0. The van der Waals surface area contributed by atoms with Crippen molar-refractivity contribution in [2.24, 2.45) is 0 Å². The van der Waals surface area contributed by atoms with Crippen LogP contribution in [0.15, 0.2) is 78.0 Å². The van der Waals surface area contributed by atoms with E-state index in [0.29, 0.717) is 10.6 Å². The number of rotatable bonds is 5. The molecule has 0 aliphatic carbocycles. The average Bonchev–Trinajstić information content (AvgIpc) is 2.62. The van der Waals surface area contributed by atoms with Crippen LogP contribution >= 0.6 is 23.5 Å². The summed E-state index contributed by atoms with van der Waals surface area (Å²) in [5, 5.41) is 3.53. The Morgan fingerprint density at radius 2 is 1.79 bits per heavy atom. The fraction of sp³-hybridized carbons (Fsp3) is 0. The van der Waals surface area contributed by atoms with Crippen LogP contribution in [-0.4, -0.2) is 10.9 Å². The highest BCUT2D eigenvalue weighted by molar-refractivity contribution is 8.00. The summed E-state index contributed by atoms with van der Waals surface area (Å²) in [5.74, 6) is -0.168. The number of amides is 1. The summed E-state index contributed by atoms with van der Waals surface area (Å²) in [7, 11) is 0. The maximum absolute atomic E-state index is 12.2. The molecule has 0 aliphatic rings. The molecule has 2 aromatic carbocycles. The third kappa shape index (κ3) is 4.28. The lowest BCUT2D eigenvalue weighted by atomic mass is 10.2. The zero-order valence-corrected chi connectivity index (χ0v) is 14.1. The number of aromatic nitrogens is 1. The van der Waals surface area contributed by atoms with Gasteiger partial charge in [0, 0.05) is 28.5 Å². The molecule has 0 atom stereocenters. The van der Waals surface area contributed by atoms with Crippen molar-refractivity contribution in [3.8, 4) is 0 Å². The number of benzene rings is 2. The molecule has 3 rings (SSSR count). The monoisotopic (exact) mass is 355 g/mol. The zero-order valence-electron chi connectivity index (χ0n) is 12.6. The largest absolute Gasteiger partial charge is 0.324 e. The van der Waals surface area contributed by atoms with Crippen LogP contribution in [0.2, 0.25) is 5.02 Å². The van der Waals surface area contributed by atoms with Crippen LogP contribution in [0.3, 0.4) is 0 Å². The summed E-state index contributed by atoms with van der Waals surface area (Å²) >= 11 is 7.55. The molecule has 0 bridgehead atoms. The van der Waals surface area contributed by atoms with Crippen molar-refractivity contribution in [3.63, 3.8) is 0 Å². The first-order valence-corrected chi connectivity index (χ1v) is 8.40. The molecule has 0 unspecified atom stereocenters. The van der Waals surface area contributed by atoms with Gasteiger partial charge >= 0.3 is 0 Å². The standard InChI is InChI=1S/C18H14ClN3OS/c19-16-6-1-2-7-17(16)22-24-15-5-3-4-14(12-15)21-18(23)13-8-10-20-11-9-13/h1-12,22H,(H,21,23). The molecule has 24 heavy (non-hydrogen) atoms. The maximum Gasteiger partial charge on any atom is 0.255 e. The zero-order chi connectivity index (χ0) is 16.8. The number of hydrogen-bond acceptors (Lipinski definition) is 4. The smallest absolute Gasteiger partial charge is 0.255 e. The lowest BCUT2D eigenvalue weighted by Gasteiger charge is -2.09. The number of nitrogens with one attached hydrogen (secondary N) is 2. The normalized spacial score (nSPS) is 10.2. The topological polar surface area (TPSA) is 54.0 Å². The first kappa shape index (κ1) is 16.4. The van der Waals surface area contributed by atoms with Gasteiger partial charge in [-0.25, -0.2) is 0 Å². The predicted octanol–water partition coefficient (Wildman–Crippen LogP) is 5.11. The lowest BCUT2D eigenvalue weighted by Crippen LogP contribution is -2.11. The van der Waals surface area contributed by atoms with Gasteiger partial charge in [-0.1, -0.05) is 29.8 Å². The number of carbonyl (C=O) groups is 1. The number of halogens is 1. The predicted molar refractivity (Wildman–Crippen MR) is 99.6 cm³/mol. The van der Waals surface area contributed by atoms with Gasteiger partial charge in [0.05, 0.1) is 10.7 Å². The van der Waals surface area contributed by atoms with E-state index >= 15 is 0 Å². The summed E-state index contributed by atoms with van der Waals surface area (Å²) in [5.41, 5.74) is 2.13. The minimum Gasteiger partial charge on any atom is -0.324 e. The van der Waals surface area contributed by atoms with E-state index in [1.165, 1.54) is 11.9 Å². The van der Waals surface area contributed by atoms with E-state index in [0.717, 1.165) is 16.3 Å². The highest BCUT2D eigenvalue weighted by Crippen LogP contribution is 2.28. The number of anilines is 2. The van der Waals surface area contributed by atoms with E-state index in [1.807, 2.05) is 48.5 Å². The average molecular weight is 356 g/mol. The molecule has 1 amide bonds. The van der Waals surface area contributed by atoms with Gasteiger partial charge < -0.3 is 10.0 Å². The van der Waals surface area contributed by atoms with Gasteiger partial charge in [0.25, 0.3) is 5.91 Å². The van der Waals surface area contributed by atoms with Crippen molar-refractivity contribution in [2.75, 3.05) is 10.0 Å². The number of hydrogen-bond donors (Lipinski definition) is 2. The third-order valence-electron chi connectivity index (χ3n) is 3.19. The molecule has 0 aliphatic heterocycles. The Labute approximate surface area is 149 Å². The number of carbonyl (C=O) groups excluding carboxylic acids is 1. The van der Waals surface area contributed by atoms with Crippen LogP contribution in [0.4, 0.5) is 11.4 Å². The second-order valence-electron chi connectivity index (χ2n) is 4.90. The number of nitrogens with zero attached hydrogens (tertiary/aromatic N) is 1. The van der Waals surface area contributed by atoms with Gasteiger partial charge in [0.15, 0.2) is 0 Å². The molecule has 0 spiro atoms. The highest BCUT2D eigenvalue weighted by Gasteiger charge is 2.06. The molecule has 2 N–H and O–H groups in total. The van der Waals surface area contributed by atoms with Crippen LogP contribution in [0.25, 0.3) is 0 Å². The molecule has 4 nitrogen and oxygen atoms in total. The van der Waals surface area contributed by atoms with Crippen molar-refractivity contribution >= 4 is 40.8 Å². The van der Waals surface area contributed by atoms with Crippen LogP contribution in [0.1, 0.15) is 10.4 Å². The summed E-state index contributed by atoms with van der Waals surface area (Å²) in [6, 6.07) is 18.5. The van der Waals surface area contributed by atoms with E-state index in [2.05, 4.69) is 15.0 Å². The van der Waals surface area contributed by atoms with Gasteiger partial charge in [0.1, 0.15) is 0 Å². The minimum atomic E-state index is -0.168. The Bertz CT molecular complexity index is 842. The van der Waals surface area contributed by atoms with Gasteiger partial charge in [0.2, 0.25) is 0 Å². The molecule has 0 saturated heterocycles. The minimum absolute atomic E-state index is 0.168. The SMILES string of the molecule is O=C(Nc1cccc(SNc2ccccc2Cl)c1)c1ccncc1. The molecule has 0 saturated carbocycles. The van der Waals surface area contributed by atoms with E-state index in [1.54, 1.807) is 24.5 Å². The first-order chi connectivity index (χ1) is 11.7. The van der Waals surface area contributed by atoms with Crippen molar-refractivity contribution in [1.29, 1.82) is 0 Å². The fourth-order valence-electron chi connectivity index (χ4n) is 2.00. The van der Waals surface area contributed by atoms with Crippen LogP contribution in [0, 0.1) is 0 Å². The van der Waals surface area contributed by atoms with Gasteiger partial charge in [-0.15, -0.1) is 0 Å². The molecule has 1 aromatic heterocycles. The molecule has 6 heteroatoms. The Hall–Kier alpha value is -2.50. The van der Waals surface area contributed by atoms with Gasteiger partial charge in [-0.05, 0) is 54.4 Å². The van der Waals surface area contributed by atoms with E-state index in [4.69, 9.17) is 11.6 Å². The Morgan fingerprint density at radius 3 is 2.58 bits per heavy atom. The summed E-state index contributed by atoms with van der Waals surface area (Å²) in [6.07, 6.45) is 3.18. The maximum atomic E-state index is 12.2. The third-order valence-corrected chi connectivity index (χ3v) is 4.33. The van der Waals surface area contributed by atoms with Gasteiger partial charge in [-0.3, -0.25) is 9.78 Å². The molecule has 3 aromatic rings. The lowest BCUT2D eigenvalue weighted by molar-refractivity contribution is 0.102. The molecular formula is C18H14ClN3OS. The summed E-state index contributed by atoms with van der Waals surface area (Å²) < 4.78 is 3.21. The number of para-hydroxylation sites is 1. The van der Waals surface area contributed by atoms with Crippen LogP contribution in [0.5, 0.6) is 0 Å². The van der Waals surface area contributed by atoms with Gasteiger partial charge in [-0.2, -0.15) is 0 Å². The van der Waals surface area contributed by atoms with E-state index in [9.17, 15) is 4.79 Å². The molecule has 0 fully saturated rings. The molecule has 1 heterocycles. The second kappa shape index (κ2) is 7.86. The Kier molecular flexibility index (Phi) is 5.36. The van der Waals surface area contributed by atoms with Crippen LogP contribution in [-0.2, 0) is 0 Å². The molecule has 120 valence electrons. The van der Waals surface area contributed by atoms with Crippen molar-refractivity contribution in [1.82, 2.24) is 4.98 Å². The molecule has 0 radical (unpaired) electrons. The van der Waals surface area contributed by atoms with Crippen molar-refractivity contribution in [2.45, 2.75) is 4.90 Å². The number of pyridine rings is 1. The second-order valence-corrected chi connectivity index (χ2v) is 6.19. The summed E-state index contributed by atoms with van der Waals surface area (Å²) in [6.45, 7) is 0. The van der Waals surface area contributed by atoms with E-state index in [-0.39, 0.29) is 5.91 Å².